The number of nitrogens with one attached hydrogen (secondary N) is 2. The van der Waals surface area contributed by atoms with Gasteiger partial charge >= 0.3 is 12.2 Å². The molecule has 0 aromatic carbocycles. The zero-order valence-corrected chi connectivity index (χ0v) is 13.3. The molecule has 1 aliphatic heterocycles. The first kappa shape index (κ1) is 17.9. The quantitative estimate of drug-likeness (QED) is 0.832. The molecule has 0 spiro atoms. The fourth-order valence-corrected chi connectivity index (χ4v) is 3.52. The van der Waals surface area contributed by atoms with E-state index in [1.165, 1.54) is 4.90 Å². The van der Waals surface area contributed by atoms with Crippen LogP contribution in [0.1, 0.15) is 45.4 Å². The van der Waals surface area contributed by atoms with Crippen LogP contribution in [0, 0.1) is 5.92 Å². The van der Waals surface area contributed by atoms with E-state index in [-0.39, 0.29) is 18.9 Å². The molecule has 132 valence electrons. The van der Waals surface area contributed by atoms with Crippen LogP contribution in [0.4, 0.5) is 18.0 Å². The molecule has 5 nitrogen and oxygen atoms in total. The number of nitrogens with zero attached hydrogens (tertiary/aromatic N) is 1. The summed E-state index contributed by atoms with van der Waals surface area (Å²) in [5.74, 6) is -1.83. The minimum absolute atomic E-state index is 0.0596. The Morgan fingerprint density at radius 3 is 2.43 bits per heavy atom. The maximum atomic E-state index is 12.9. The van der Waals surface area contributed by atoms with Crippen molar-refractivity contribution in [3.8, 4) is 0 Å². The number of carbonyl (C=O) groups excluding carboxylic acids is 2. The lowest BCUT2D eigenvalue weighted by Gasteiger charge is -2.39. The van der Waals surface area contributed by atoms with Gasteiger partial charge in [-0.3, -0.25) is 4.79 Å². The van der Waals surface area contributed by atoms with Crippen molar-refractivity contribution in [2.45, 2.75) is 57.2 Å². The topological polar surface area (TPSA) is 61.4 Å². The number of hydrogen-bond donors (Lipinski definition) is 2. The predicted octanol–water partition coefficient (Wildman–Crippen LogP) is 2.42. The van der Waals surface area contributed by atoms with Crippen LogP contribution < -0.4 is 10.6 Å². The van der Waals surface area contributed by atoms with E-state index in [1.807, 2.05) is 0 Å². The lowest BCUT2D eigenvalue weighted by Crippen LogP contribution is -2.61. The van der Waals surface area contributed by atoms with Gasteiger partial charge in [-0.05, 0) is 32.6 Å². The van der Waals surface area contributed by atoms with E-state index in [2.05, 4.69) is 10.6 Å². The summed E-state index contributed by atoms with van der Waals surface area (Å²) in [5.41, 5.74) is -1.05. The normalized spacial score (nSPS) is 24.3. The Morgan fingerprint density at radius 2 is 1.87 bits per heavy atom. The first-order valence-electron chi connectivity index (χ1n) is 8.20. The highest BCUT2D eigenvalue weighted by Crippen LogP contribution is 2.36. The summed E-state index contributed by atoms with van der Waals surface area (Å²) in [6.45, 7) is 2.21. The highest BCUT2D eigenvalue weighted by atomic mass is 19.4. The highest BCUT2D eigenvalue weighted by molar-refractivity contribution is 5.91. The third-order valence-electron chi connectivity index (χ3n) is 4.73. The second kappa shape index (κ2) is 6.97. The molecule has 2 fully saturated rings. The van der Waals surface area contributed by atoms with Crippen molar-refractivity contribution >= 4 is 11.9 Å². The number of alkyl halides is 3. The predicted molar refractivity (Wildman–Crippen MR) is 78.8 cm³/mol. The van der Waals surface area contributed by atoms with E-state index in [0.29, 0.717) is 32.4 Å². The highest BCUT2D eigenvalue weighted by Gasteiger charge is 2.48. The molecule has 2 N–H and O–H groups in total. The van der Waals surface area contributed by atoms with Gasteiger partial charge in [0.2, 0.25) is 5.91 Å². The van der Waals surface area contributed by atoms with Gasteiger partial charge < -0.3 is 15.5 Å². The molecule has 1 unspecified atom stereocenters. The first-order valence-corrected chi connectivity index (χ1v) is 8.20. The molecule has 2 aliphatic rings. The van der Waals surface area contributed by atoms with Crippen molar-refractivity contribution in [2.24, 2.45) is 5.92 Å². The Kier molecular flexibility index (Phi) is 5.41. The Bertz CT molecular complexity index is 448. The lowest BCUT2D eigenvalue weighted by molar-refractivity contribution is -0.189. The second-order valence-corrected chi connectivity index (χ2v) is 6.41. The summed E-state index contributed by atoms with van der Waals surface area (Å²) in [5, 5.41) is 5.31. The second-order valence-electron chi connectivity index (χ2n) is 6.41. The van der Waals surface area contributed by atoms with Gasteiger partial charge in [0.05, 0.1) is 5.92 Å². The smallest absolute Gasteiger partial charge is 0.340 e. The Morgan fingerprint density at radius 1 is 1.22 bits per heavy atom. The molecule has 23 heavy (non-hydrogen) atoms. The molecule has 0 radical (unpaired) electrons. The largest absolute Gasteiger partial charge is 0.393 e. The van der Waals surface area contributed by atoms with Crippen LogP contribution in [0.15, 0.2) is 0 Å². The Balaban J connectivity index is 2.10. The molecule has 1 heterocycles. The third kappa shape index (κ3) is 4.09. The number of piperidine rings is 1. The van der Waals surface area contributed by atoms with Gasteiger partial charge in [0.25, 0.3) is 0 Å². The van der Waals surface area contributed by atoms with Gasteiger partial charge in [0, 0.05) is 19.6 Å². The van der Waals surface area contributed by atoms with Crippen molar-refractivity contribution < 1.29 is 22.8 Å². The molecular weight excluding hydrogens is 311 g/mol. The Hall–Kier alpha value is -1.47. The monoisotopic (exact) mass is 335 g/mol. The van der Waals surface area contributed by atoms with E-state index >= 15 is 0 Å². The van der Waals surface area contributed by atoms with Crippen molar-refractivity contribution in [3.05, 3.63) is 0 Å². The van der Waals surface area contributed by atoms with E-state index in [4.69, 9.17) is 0 Å². The summed E-state index contributed by atoms with van der Waals surface area (Å²) in [7, 11) is 0. The van der Waals surface area contributed by atoms with Gasteiger partial charge in [0.15, 0.2) is 0 Å². The first-order chi connectivity index (χ1) is 10.8. The summed E-state index contributed by atoms with van der Waals surface area (Å²) < 4.78 is 38.8. The van der Waals surface area contributed by atoms with Crippen LogP contribution in [-0.4, -0.2) is 48.2 Å². The SMILES string of the molecule is CCNC(=O)NC1(C(=O)N2CCCC(C(F)(F)F)C2)CCCC1. The van der Waals surface area contributed by atoms with Gasteiger partial charge in [-0.25, -0.2) is 4.79 Å². The number of carbonyl (C=O) groups is 2. The molecule has 0 aromatic rings. The van der Waals surface area contributed by atoms with Gasteiger partial charge in [-0.2, -0.15) is 13.2 Å². The zero-order chi connectivity index (χ0) is 17.1. The Labute approximate surface area is 134 Å². The number of hydrogen-bond acceptors (Lipinski definition) is 2. The van der Waals surface area contributed by atoms with Crippen LogP contribution >= 0.6 is 0 Å². The standard InChI is InChI=1S/C15H24F3N3O2/c1-2-19-13(23)20-14(7-3-4-8-14)12(22)21-9-5-6-11(10-21)15(16,17)18/h11H,2-10H2,1H3,(H2,19,20,23). The van der Waals surface area contributed by atoms with Crippen LogP contribution in [0.2, 0.25) is 0 Å². The van der Waals surface area contributed by atoms with Crippen molar-refractivity contribution in [2.75, 3.05) is 19.6 Å². The van der Waals surface area contributed by atoms with E-state index in [1.54, 1.807) is 6.92 Å². The number of urea groups is 1. The fourth-order valence-electron chi connectivity index (χ4n) is 3.52. The summed E-state index contributed by atoms with van der Waals surface area (Å²) in [6.07, 6.45) is -1.35. The van der Waals surface area contributed by atoms with E-state index < -0.39 is 23.7 Å². The number of likely N-dealkylation sites (tertiary alicyclic amines) is 1. The molecule has 3 amide bonds. The molecule has 1 saturated carbocycles. The number of amides is 3. The maximum Gasteiger partial charge on any atom is 0.393 e. The van der Waals surface area contributed by atoms with Crippen LogP contribution in [-0.2, 0) is 4.79 Å². The summed E-state index contributed by atoms with van der Waals surface area (Å²) in [4.78, 5) is 26.0. The average Bonchev–Trinajstić information content (AvgIpc) is 2.95. The zero-order valence-electron chi connectivity index (χ0n) is 13.3. The van der Waals surface area contributed by atoms with Crippen LogP contribution in [0.3, 0.4) is 0 Å². The third-order valence-corrected chi connectivity index (χ3v) is 4.73. The van der Waals surface area contributed by atoms with Crippen molar-refractivity contribution in [3.63, 3.8) is 0 Å². The number of rotatable bonds is 3. The molecule has 0 aromatic heterocycles. The number of halogens is 3. The minimum atomic E-state index is -4.28. The summed E-state index contributed by atoms with van der Waals surface area (Å²) >= 11 is 0. The van der Waals surface area contributed by atoms with E-state index in [0.717, 1.165) is 12.8 Å². The van der Waals surface area contributed by atoms with Crippen molar-refractivity contribution in [1.82, 2.24) is 15.5 Å². The molecule has 0 bridgehead atoms. The molecule has 2 rings (SSSR count). The maximum absolute atomic E-state index is 12.9. The molecular formula is C15H24F3N3O2. The van der Waals surface area contributed by atoms with Crippen LogP contribution in [0.5, 0.6) is 0 Å². The van der Waals surface area contributed by atoms with Crippen molar-refractivity contribution in [1.29, 1.82) is 0 Å². The van der Waals surface area contributed by atoms with Gasteiger partial charge in [-0.15, -0.1) is 0 Å². The molecule has 1 saturated heterocycles. The molecule has 1 atom stereocenters. The molecule has 8 heteroatoms. The van der Waals surface area contributed by atoms with Crippen LogP contribution in [0.25, 0.3) is 0 Å². The van der Waals surface area contributed by atoms with E-state index in [9.17, 15) is 22.8 Å². The fraction of sp³-hybridized carbons (Fsp3) is 0.867. The average molecular weight is 335 g/mol. The lowest BCUT2D eigenvalue weighted by atomic mass is 9.91. The minimum Gasteiger partial charge on any atom is -0.340 e. The van der Waals surface area contributed by atoms with Gasteiger partial charge in [0.1, 0.15) is 5.54 Å². The molecule has 1 aliphatic carbocycles. The van der Waals surface area contributed by atoms with Gasteiger partial charge in [-0.1, -0.05) is 12.8 Å². The summed E-state index contributed by atoms with van der Waals surface area (Å²) in [6, 6.07) is -0.438.